The maximum Gasteiger partial charge on any atom is 0.254 e. The van der Waals surface area contributed by atoms with Crippen molar-refractivity contribution < 1.29 is 14.3 Å². The van der Waals surface area contributed by atoms with Crippen molar-refractivity contribution in [2.24, 2.45) is 0 Å². The molecule has 2 heterocycles. The Balaban J connectivity index is 1.25. The van der Waals surface area contributed by atoms with Gasteiger partial charge in [-0.15, -0.1) is 0 Å². The SMILES string of the molecule is CCCCOCCCNC(=O)c1ccc(N2CCN(C(=O)c3cccc4ccccc34)CC2)nc1. The average molecular weight is 475 g/mol. The van der Waals surface area contributed by atoms with Crippen molar-refractivity contribution >= 4 is 28.4 Å². The topological polar surface area (TPSA) is 74.8 Å². The summed E-state index contributed by atoms with van der Waals surface area (Å²) >= 11 is 0. The summed E-state index contributed by atoms with van der Waals surface area (Å²) in [6.45, 7) is 6.82. The lowest BCUT2D eigenvalue weighted by Gasteiger charge is -2.35. The van der Waals surface area contributed by atoms with Crippen molar-refractivity contribution in [1.82, 2.24) is 15.2 Å². The lowest BCUT2D eigenvalue weighted by molar-refractivity contribution is 0.0748. The number of amides is 2. The molecule has 35 heavy (non-hydrogen) atoms. The van der Waals surface area contributed by atoms with E-state index in [0.717, 1.165) is 48.0 Å². The summed E-state index contributed by atoms with van der Waals surface area (Å²) < 4.78 is 5.52. The number of rotatable bonds is 10. The highest BCUT2D eigenvalue weighted by molar-refractivity contribution is 6.07. The van der Waals surface area contributed by atoms with Gasteiger partial charge >= 0.3 is 0 Å². The summed E-state index contributed by atoms with van der Waals surface area (Å²) in [6.07, 6.45) is 4.61. The van der Waals surface area contributed by atoms with Crippen LogP contribution < -0.4 is 10.2 Å². The monoisotopic (exact) mass is 474 g/mol. The van der Waals surface area contributed by atoms with E-state index in [1.165, 1.54) is 0 Å². The minimum atomic E-state index is -0.122. The lowest BCUT2D eigenvalue weighted by Crippen LogP contribution is -2.49. The highest BCUT2D eigenvalue weighted by atomic mass is 16.5. The molecule has 1 N–H and O–H groups in total. The molecular weight excluding hydrogens is 440 g/mol. The molecule has 0 unspecified atom stereocenters. The van der Waals surface area contributed by atoms with Crippen LogP contribution in [0.4, 0.5) is 5.82 Å². The van der Waals surface area contributed by atoms with Gasteiger partial charge in [0, 0.05) is 57.7 Å². The van der Waals surface area contributed by atoms with Crippen LogP contribution in [-0.2, 0) is 4.74 Å². The maximum atomic E-state index is 13.2. The van der Waals surface area contributed by atoms with E-state index in [9.17, 15) is 9.59 Å². The number of benzene rings is 2. The number of pyridine rings is 1. The minimum absolute atomic E-state index is 0.0668. The summed E-state index contributed by atoms with van der Waals surface area (Å²) in [5.41, 5.74) is 1.29. The van der Waals surface area contributed by atoms with Crippen LogP contribution in [0.25, 0.3) is 10.8 Å². The standard InChI is InChI=1S/C28H34N4O3/c1-2-3-19-35-20-7-14-29-27(33)23-12-13-26(30-21-23)31-15-17-32(18-16-31)28(34)25-11-6-9-22-8-4-5-10-24(22)25/h4-6,8-13,21H,2-3,7,14-20H2,1H3,(H,29,33). The molecule has 0 aliphatic carbocycles. The Kier molecular flexibility index (Phi) is 8.68. The molecule has 0 spiro atoms. The molecule has 7 nitrogen and oxygen atoms in total. The Morgan fingerprint density at radius 3 is 2.49 bits per heavy atom. The Bertz CT molecular complexity index is 1120. The Hall–Kier alpha value is -3.45. The van der Waals surface area contributed by atoms with Crippen molar-refractivity contribution in [1.29, 1.82) is 0 Å². The largest absolute Gasteiger partial charge is 0.381 e. The van der Waals surface area contributed by atoms with E-state index in [2.05, 4.69) is 22.1 Å². The van der Waals surface area contributed by atoms with Crippen LogP contribution >= 0.6 is 0 Å². The summed E-state index contributed by atoms with van der Waals surface area (Å²) in [6, 6.07) is 17.6. The second kappa shape index (κ2) is 12.3. The van der Waals surface area contributed by atoms with E-state index in [1.807, 2.05) is 59.5 Å². The Morgan fingerprint density at radius 2 is 1.71 bits per heavy atom. The summed E-state index contributed by atoms with van der Waals surface area (Å²) in [4.78, 5) is 34.1. The fourth-order valence-electron chi connectivity index (χ4n) is 4.25. The third kappa shape index (κ3) is 6.36. The van der Waals surface area contributed by atoms with E-state index >= 15 is 0 Å². The van der Waals surface area contributed by atoms with Crippen LogP contribution in [0.1, 0.15) is 46.9 Å². The van der Waals surface area contributed by atoms with Gasteiger partial charge in [0.15, 0.2) is 0 Å². The predicted molar refractivity (Wildman–Crippen MR) is 139 cm³/mol. The summed E-state index contributed by atoms with van der Waals surface area (Å²) in [7, 11) is 0. The molecule has 3 aromatic rings. The molecule has 2 aromatic carbocycles. The van der Waals surface area contributed by atoms with Crippen LogP contribution in [0.3, 0.4) is 0 Å². The number of aromatic nitrogens is 1. The lowest BCUT2D eigenvalue weighted by atomic mass is 10.0. The van der Waals surface area contributed by atoms with Gasteiger partial charge in [-0.25, -0.2) is 4.98 Å². The van der Waals surface area contributed by atoms with E-state index in [4.69, 9.17) is 4.74 Å². The molecule has 0 atom stereocenters. The fourth-order valence-corrected chi connectivity index (χ4v) is 4.25. The zero-order valence-corrected chi connectivity index (χ0v) is 20.4. The number of hydrogen-bond acceptors (Lipinski definition) is 5. The molecule has 7 heteroatoms. The van der Waals surface area contributed by atoms with Gasteiger partial charge in [-0.2, -0.15) is 0 Å². The number of hydrogen-bond donors (Lipinski definition) is 1. The molecule has 4 rings (SSSR count). The molecule has 0 radical (unpaired) electrons. The number of nitrogens with one attached hydrogen (secondary N) is 1. The quantitative estimate of drug-likeness (QED) is 0.447. The second-order valence-corrected chi connectivity index (χ2v) is 8.79. The maximum absolute atomic E-state index is 13.2. The van der Waals surface area contributed by atoms with Crippen molar-refractivity contribution in [3.63, 3.8) is 0 Å². The molecule has 1 aromatic heterocycles. The first-order valence-corrected chi connectivity index (χ1v) is 12.5. The molecule has 1 aliphatic rings. The number of anilines is 1. The zero-order valence-electron chi connectivity index (χ0n) is 20.4. The van der Waals surface area contributed by atoms with E-state index < -0.39 is 0 Å². The van der Waals surface area contributed by atoms with Gasteiger partial charge in [0.25, 0.3) is 11.8 Å². The van der Waals surface area contributed by atoms with Crippen molar-refractivity contribution in [3.05, 3.63) is 71.9 Å². The zero-order chi connectivity index (χ0) is 24.5. The highest BCUT2D eigenvalue weighted by Crippen LogP contribution is 2.21. The van der Waals surface area contributed by atoms with E-state index in [1.54, 1.807) is 6.20 Å². The molecule has 1 saturated heterocycles. The van der Waals surface area contributed by atoms with Crippen LogP contribution in [0, 0.1) is 0 Å². The van der Waals surface area contributed by atoms with Crippen molar-refractivity contribution in [3.8, 4) is 0 Å². The summed E-state index contributed by atoms with van der Waals surface area (Å²) in [5.74, 6) is 0.767. The van der Waals surface area contributed by atoms with Crippen LogP contribution in [0.15, 0.2) is 60.8 Å². The second-order valence-electron chi connectivity index (χ2n) is 8.79. The molecule has 0 bridgehead atoms. The van der Waals surface area contributed by atoms with Crippen LogP contribution in [-0.4, -0.2) is 67.6 Å². The van der Waals surface area contributed by atoms with Crippen molar-refractivity contribution in [2.45, 2.75) is 26.2 Å². The number of carbonyl (C=O) groups excluding carboxylic acids is 2. The first-order chi connectivity index (χ1) is 17.2. The van der Waals surface area contributed by atoms with Gasteiger partial charge < -0.3 is 19.9 Å². The molecule has 2 amide bonds. The van der Waals surface area contributed by atoms with Crippen molar-refractivity contribution in [2.75, 3.05) is 50.8 Å². The number of nitrogens with zero attached hydrogens (tertiary/aromatic N) is 3. The van der Waals surface area contributed by atoms with Gasteiger partial charge in [0.05, 0.1) is 5.56 Å². The molecule has 184 valence electrons. The Labute approximate surface area is 207 Å². The molecular formula is C28H34N4O3. The third-order valence-corrected chi connectivity index (χ3v) is 6.31. The number of unbranched alkanes of at least 4 members (excludes halogenated alkanes) is 1. The first kappa shape index (κ1) is 24.7. The van der Waals surface area contributed by atoms with Gasteiger partial charge in [-0.3, -0.25) is 9.59 Å². The number of ether oxygens (including phenoxy) is 1. The Morgan fingerprint density at radius 1 is 0.943 bits per heavy atom. The van der Waals surface area contributed by atoms with E-state index in [0.29, 0.717) is 44.9 Å². The number of piperazine rings is 1. The number of carbonyl (C=O) groups is 2. The van der Waals surface area contributed by atoms with Gasteiger partial charge in [0.1, 0.15) is 5.82 Å². The molecule has 0 saturated carbocycles. The highest BCUT2D eigenvalue weighted by Gasteiger charge is 2.24. The van der Waals surface area contributed by atoms with Gasteiger partial charge in [0.2, 0.25) is 0 Å². The third-order valence-electron chi connectivity index (χ3n) is 6.31. The first-order valence-electron chi connectivity index (χ1n) is 12.5. The average Bonchev–Trinajstić information content (AvgIpc) is 2.92. The minimum Gasteiger partial charge on any atom is -0.381 e. The summed E-state index contributed by atoms with van der Waals surface area (Å²) in [5, 5.41) is 4.98. The van der Waals surface area contributed by atoms with Crippen LogP contribution in [0.2, 0.25) is 0 Å². The predicted octanol–water partition coefficient (Wildman–Crippen LogP) is 4.13. The molecule has 1 fully saturated rings. The molecule has 1 aliphatic heterocycles. The van der Waals surface area contributed by atoms with E-state index in [-0.39, 0.29) is 11.8 Å². The fraction of sp³-hybridized carbons (Fsp3) is 0.393. The normalized spacial score (nSPS) is 13.7. The van der Waals surface area contributed by atoms with Gasteiger partial charge in [-0.05, 0) is 41.8 Å². The van der Waals surface area contributed by atoms with Gasteiger partial charge in [-0.1, -0.05) is 49.7 Å². The smallest absolute Gasteiger partial charge is 0.254 e. The number of fused-ring (bicyclic) bond motifs is 1. The van der Waals surface area contributed by atoms with Crippen LogP contribution in [0.5, 0.6) is 0 Å².